The van der Waals surface area contributed by atoms with Crippen LogP contribution in [0.25, 0.3) is 0 Å². The number of benzene rings is 2. The van der Waals surface area contributed by atoms with E-state index in [9.17, 15) is 24.3 Å². The van der Waals surface area contributed by atoms with Crippen molar-refractivity contribution < 1.29 is 24.2 Å². The number of carbonyl (C=O) groups is 3. The first-order valence-corrected chi connectivity index (χ1v) is 14.4. The molecule has 4 aliphatic rings. The van der Waals surface area contributed by atoms with Crippen LogP contribution in [0.1, 0.15) is 29.7 Å². The molecule has 10 heteroatoms. The minimum absolute atomic E-state index is 0.0361. The van der Waals surface area contributed by atoms with Gasteiger partial charge in [-0.3, -0.25) is 19.3 Å². The van der Waals surface area contributed by atoms with Crippen LogP contribution in [0.3, 0.4) is 0 Å². The van der Waals surface area contributed by atoms with Gasteiger partial charge in [0.2, 0.25) is 11.8 Å². The van der Waals surface area contributed by atoms with E-state index in [4.69, 9.17) is 4.74 Å². The average Bonchev–Trinajstić information content (AvgIpc) is 3.63. The van der Waals surface area contributed by atoms with E-state index in [-0.39, 0.29) is 45.6 Å². The standard InChI is InChI=1S/C28H24N2O6S2/c1-12(27(33)34)30-25(31)20-16-11-17(21(20)26(30)32)22-19(16)18(23-24(37-22)29-28(35)38-23)13-6-5-9-15(10-13)36-14-7-3-2-4-8-14/h2-10,12,16-22H,11H2,1H3,(H,29,35)(H,33,34)/t12-,16+,17-,18-,19-,20-,21-,22+/m0/s1. The predicted molar refractivity (Wildman–Crippen MR) is 140 cm³/mol. The number of hydrogen-bond acceptors (Lipinski definition) is 7. The monoisotopic (exact) mass is 548 g/mol. The number of H-pyrrole nitrogens is 1. The summed E-state index contributed by atoms with van der Waals surface area (Å²) in [6, 6.07) is 16.2. The van der Waals surface area contributed by atoms with E-state index < -0.39 is 23.8 Å². The number of ether oxygens (including phenoxy) is 1. The first-order chi connectivity index (χ1) is 18.3. The van der Waals surface area contributed by atoms with Crippen LogP contribution in [0, 0.1) is 29.6 Å². The molecule has 2 aliphatic carbocycles. The van der Waals surface area contributed by atoms with Gasteiger partial charge in [-0.15, -0.1) is 11.8 Å². The van der Waals surface area contributed by atoms with Gasteiger partial charge in [-0.25, -0.2) is 4.79 Å². The number of aliphatic carboxylic acids is 1. The molecule has 7 rings (SSSR count). The van der Waals surface area contributed by atoms with Crippen LogP contribution >= 0.6 is 23.1 Å². The van der Waals surface area contributed by atoms with Gasteiger partial charge in [0.15, 0.2) is 0 Å². The third kappa shape index (κ3) is 3.36. The molecule has 0 unspecified atom stereocenters. The van der Waals surface area contributed by atoms with Crippen molar-refractivity contribution in [2.75, 3.05) is 0 Å². The Bertz CT molecular complexity index is 1530. The number of nitrogens with zero attached hydrogens (tertiary/aromatic N) is 1. The zero-order chi connectivity index (χ0) is 26.3. The fraction of sp³-hybridized carbons (Fsp3) is 0.357. The Labute approximate surface area is 226 Å². The summed E-state index contributed by atoms with van der Waals surface area (Å²) in [5.41, 5.74) is 1.00. The highest BCUT2D eigenvalue weighted by Gasteiger charge is 2.70. The van der Waals surface area contributed by atoms with Gasteiger partial charge in [0.25, 0.3) is 0 Å². The topological polar surface area (TPSA) is 117 Å². The molecule has 2 amide bonds. The number of imide groups is 1. The third-order valence-electron chi connectivity index (χ3n) is 8.70. The zero-order valence-corrected chi connectivity index (χ0v) is 21.9. The molecular formula is C28H24N2O6S2. The van der Waals surface area contributed by atoms with Crippen LogP contribution in [-0.4, -0.2) is 44.1 Å². The Balaban J connectivity index is 1.29. The Morgan fingerprint density at radius 3 is 2.47 bits per heavy atom. The normalized spacial score (nSPS) is 31.6. The van der Waals surface area contributed by atoms with E-state index in [0.717, 1.165) is 32.5 Å². The number of likely N-dealkylation sites (tertiary alicyclic amines) is 1. The number of rotatable bonds is 5. The summed E-state index contributed by atoms with van der Waals surface area (Å²) >= 11 is 2.81. The number of nitrogens with one attached hydrogen (secondary N) is 1. The fourth-order valence-corrected chi connectivity index (χ4v) is 10.2. The molecule has 8 nitrogen and oxygen atoms in total. The summed E-state index contributed by atoms with van der Waals surface area (Å²) < 4.78 is 6.11. The molecule has 2 bridgehead atoms. The lowest BCUT2D eigenvalue weighted by Crippen LogP contribution is -2.44. The van der Waals surface area contributed by atoms with E-state index in [2.05, 4.69) is 4.98 Å². The number of thiazole rings is 1. The quantitative estimate of drug-likeness (QED) is 0.460. The molecule has 2 aliphatic heterocycles. The SMILES string of the molecule is C[C@@H](C(=O)O)N1C(=O)[C@H]2[C@@H]3C[C@@H]([C@@H]2C1=O)[C@H]1[C@H](c2cccc(Oc4ccccc4)c2)c2sc(=O)[nH]c2S[C@H]31. The van der Waals surface area contributed by atoms with E-state index in [1.54, 1.807) is 11.8 Å². The second kappa shape index (κ2) is 8.57. The lowest BCUT2D eigenvalue weighted by molar-refractivity contribution is -0.154. The number of carboxylic acids is 1. The number of aromatic amines is 1. The highest BCUT2D eigenvalue weighted by atomic mass is 32.2. The van der Waals surface area contributed by atoms with E-state index in [1.165, 1.54) is 18.3 Å². The van der Waals surface area contributed by atoms with Crippen LogP contribution < -0.4 is 9.61 Å². The van der Waals surface area contributed by atoms with Crippen LogP contribution in [0.15, 0.2) is 64.4 Å². The van der Waals surface area contributed by atoms with Crippen molar-refractivity contribution >= 4 is 40.9 Å². The molecular weight excluding hydrogens is 524 g/mol. The Morgan fingerprint density at radius 2 is 1.74 bits per heavy atom. The van der Waals surface area contributed by atoms with Gasteiger partial charge in [0.1, 0.15) is 17.5 Å². The summed E-state index contributed by atoms with van der Waals surface area (Å²) in [4.78, 5) is 55.9. The van der Waals surface area contributed by atoms with E-state index in [1.807, 2.05) is 54.6 Å². The number of aromatic nitrogens is 1. The second-order valence-corrected chi connectivity index (χ2v) is 12.7. The molecule has 2 saturated carbocycles. The van der Waals surface area contributed by atoms with Crippen molar-refractivity contribution in [1.82, 2.24) is 9.88 Å². The minimum atomic E-state index is -1.18. The first kappa shape index (κ1) is 23.7. The fourth-order valence-electron chi connectivity index (χ4n) is 7.30. The molecule has 1 saturated heterocycles. The van der Waals surface area contributed by atoms with Crippen LogP contribution in [0.4, 0.5) is 0 Å². The number of amides is 2. The van der Waals surface area contributed by atoms with Gasteiger partial charge in [-0.1, -0.05) is 41.7 Å². The third-order valence-corrected chi connectivity index (χ3v) is 11.3. The van der Waals surface area contributed by atoms with Crippen molar-refractivity contribution in [2.45, 2.75) is 35.6 Å². The molecule has 38 heavy (non-hydrogen) atoms. The van der Waals surface area contributed by atoms with Crippen LogP contribution in [-0.2, 0) is 14.4 Å². The molecule has 3 fully saturated rings. The van der Waals surface area contributed by atoms with E-state index >= 15 is 0 Å². The summed E-state index contributed by atoms with van der Waals surface area (Å²) in [5.74, 6) is -1.73. The summed E-state index contributed by atoms with van der Waals surface area (Å²) in [7, 11) is 0. The highest BCUT2D eigenvalue weighted by Crippen LogP contribution is 2.68. The molecule has 0 spiro atoms. The zero-order valence-electron chi connectivity index (χ0n) is 20.3. The maximum atomic E-state index is 13.5. The van der Waals surface area contributed by atoms with Gasteiger partial charge in [-0.05, 0) is 60.9 Å². The number of carbonyl (C=O) groups excluding carboxylic acids is 2. The van der Waals surface area contributed by atoms with Gasteiger partial charge >= 0.3 is 10.8 Å². The average molecular weight is 549 g/mol. The maximum Gasteiger partial charge on any atom is 0.326 e. The Hall–Kier alpha value is -3.37. The van der Waals surface area contributed by atoms with Crippen molar-refractivity contribution in [1.29, 1.82) is 0 Å². The molecule has 2 N–H and O–H groups in total. The molecule has 1 aromatic heterocycles. The van der Waals surface area contributed by atoms with Crippen molar-refractivity contribution in [3.8, 4) is 11.5 Å². The molecule has 2 aromatic carbocycles. The largest absolute Gasteiger partial charge is 0.480 e. The molecule has 8 atom stereocenters. The van der Waals surface area contributed by atoms with Crippen LogP contribution in [0.2, 0.25) is 0 Å². The van der Waals surface area contributed by atoms with Crippen molar-refractivity contribution in [3.05, 3.63) is 74.7 Å². The van der Waals surface area contributed by atoms with Crippen molar-refractivity contribution in [2.24, 2.45) is 29.6 Å². The van der Waals surface area contributed by atoms with Gasteiger partial charge in [-0.2, -0.15) is 0 Å². The highest BCUT2D eigenvalue weighted by molar-refractivity contribution is 8.00. The lowest BCUT2D eigenvalue weighted by Gasteiger charge is -2.43. The van der Waals surface area contributed by atoms with Gasteiger partial charge < -0.3 is 14.8 Å². The molecule has 3 aromatic rings. The second-order valence-electron chi connectivity index (χ2n) is 10.5. The molecule has 0 radical (unpaired) electrons. The molecule has 194 valence electrons. The number of hydrogen-bond donors (Lipinski definition) is 2. The van der Waals surface area contributed by atoms with E-state index in [0.29, 0.717) is 5.75 Å². The van der Waals surface area contributed by atoms with Crippen LogP contribution in [0.5, 0.6) is 11.5 Å². The van der Waals surface area contributed by atoms with Gasteiger partial charge in [0, 0.05) is 16.0 Å². The number of carboxylic acid groups (broad SMARTS) is 1. The Morgan fingerprint density at radius 1 is 1.03 bits per heavy atom. The minimum Gasteiger partial charge on any atom is -0.480 e. The Kier molecular flexibility index (Phi) is 5.35. The number of fused-ring (bicyclic) bond motifs is 9. The summed E-state index contributed by atoms with van der Waals surface area (Å²) in [6.07, 6.45) is 0.750. The number of para-hydroxylation sites is 1. The lowest BCUT2D eigenvalue weighted by atomic mass is 9.68. The van der Waals surface area contributed by atoms with Crippen molar-refractivity contribution in [3.63, 3.8) is 0 Å². The predicted octanol–water partition coefficient (Wildman–Crippen LogP) is 4.18. The summed E-state index contributed by atoms with van der Waals surface area (Å²) in [6.45, 7) is 1.40. The number of thioether (sulfide) groups is 1. The molecule has 3 heterocycles. The van der Waals surface area contributed by atoms with Gasteiger partial charge in [0.05, 0.1) is 16.9 Å². The summed E-state index contributed by atoms with van der Waals surface area (Å²) in [5, 5.41) is 10.4. The first-order valence-electron chi connectivity index (χ1n) is 12.7. The smallest absolute Gasteiger partial charge is 0.326 e. The maximum absolute atomic E-state index is 13.5.